The zero-order valence-corrected chi connectivity index (χ0v) is 17.7. The van der Waals surface area contributed by atoms with E-state index in [2.05, 4.69) is 22.0 Å². The van der Waals surface area contributed by atoms with Crippen LogP contribution in [0.4, 0.5) is 5.69 Å². The monoisotopic (exact) mass is 401 g/mol. The van der Waals surface area contributed by atoms with Crippen LogP contribution in [0.2, 0.25) is 0 Å². The van der Waals surface area contributed by atoms with Crippen LogP contribution in [0, 0.1) is 5.92 Å². The Morgan fingerprint density at radius 2 is 2.14 bits per heavy atom. The fourth-order valence-corrected chi connectivity index (χ4v) is 3.97. The molecule has 2 aromatic rings. The molecule has 0 spiro atoms. The number of benzene rings is 1. The van der Waals surface area contributed by atoms with Crippen molar-refractivity contribution in [2.75, 3.05) is 38.6 Å². The van der Waals surface area contributed by atoms with Crippen LogP contribution < -0.4 is 10.1 Å². The molecule has 1 aliphatic rings. The molecule has 1 saturated heterocycles. The summed E-state index contributed by atoms with van der Waals surface area (Å²) in [5.74, 6) is 2.57. The zero-order chi connectivity index (χ0) is 19.8. The zero-order valence-electron chi connectivity index (χ0n) is 16.9. The van der Waals surface area contributed by atoms with Gasteiger partial charge in [0.2, 0.25) is 0 Å². The van der Waals surface area contributed by atoms with E-state index in [1.165, 1.54) is 25.9 Å². The molecule has 2 heterocycles. The van der Waals surface area contributed by atoms with E-state index in [-0.39, 0.29) is 0 Å². The number of methoxy groups -OCH3 is 1. The van der Waals surface area contributed by atoms with Crippen LogP contribution in [0.3, 0.4) is 0 Å². The van der Waals surface area contributed by atoms with Gasteiger partial charge in [-0.25, -0.2) is 0 Å². The van der Waals surface area contributed by atoms with Crippen molar-refractivity contribution < 1.29 is 9.15 Å². The number of rotatable bonds is 8. The first kappa shape index (κ1) is 20.7. The van der Waals surface area contributed by atoms with Crippen LogP contribution in [0.5, 0.6) is 5.75 Å². The average molecular weight is 402 g/mol. The topological polar surface area (TPSA) is 40.9 Å². The maximum absolute atomic E-state index is 5.71. The molecule has 1 fully saturated rings. The number of anilines is 1. The maximum atomic E-state index is 5.71. The molecule has 0 radical (unpaired) electrons. The molecule has 0 aliphatic carbocycles. The SMILES string of the molecule is COc1ccc(NC(=S)N(CCCN2CCC[C@H](C)C2)Cc2ccco2)cc1. The number of likely N-dealkylation sites (tertiary alicyclic amines) is 1. The van der Waals surface area contributed by atoms with Crippen molar-refractivity contribution in [1.29, 1.82) is 0 Å². The van der Waals surface area contributed by atoms with E-state index in [4.69, 9.17) is 21.4 Å². The normalized spacial score (nSPS) is 17.3. The maximum Gasteiger partial charge on any atom is 0.173 e. The quantitative estimate of drug-likeness (QED) is 0.652. The summed E-state index contributed by atoms with van der Waals surface area (Å²) < 4.78 is 10.8. The number of nitrogens with zero attached hydrogens (tertiary/aromatic N) is 2. The van der Waals surface area contributed by atoms with Gasteiger partial charge in [-0.2, -0.15) is 0 Å². The molecule has 0 bridgehead atoms. The molecule has 6 heteroatoms. The third-order valence-electron chi connectivity index (χ3n) is 5.20. The second-order valence-corrected chi connectivity index (χ2v) is 7.95. The van der Waals surface area contributed by atoms with Gasteiger partial charge in [-0.3, -0.25) is 0 Å². The summed E-state index contributed by atoms with van der Waals surface area (Å²) in [5, 5.41) is 4.06. The Kier molecular flexibility index (Phi) is 7.74. The molecule has 152 valence electrons. The molecular weight excluding hydrogens is 370 g/mol. The minimum atomic E-state index is 0.672. The first-order valence-electron chi connectivity index (χ1n) is 10.1. The Balaban J connectivity index is 1.56. The van der Waals surface area contributed by atoms with Crippen LogP contribution >= 0.6 is 12.2 Å². The highest BCUT2D eigenvalue weighted by molar-refractivity contribution is 7.80. The summed E-state index contributed by atoms with van der Waals surface area (Å²) in [6.45, 7) is 7.47. The minimum absolute atomic E-state index is 0.672. The summed E-state index contributed by atoms with van der Waals surface area (Å²) in [5.41, 5.74) is 0.958. The lowest BCUT2D eigenvalue weighted by atomic mass is 10.0. The fraction of sp³-hybridized carbons (Fsp3) is 0.500. The van der Waals surface area contributed by atoms with E-state index in [0.29, 0.717) is 11.7 Å². The minimum Gasteiger partial charge on any atom is -0.497 e. The smallest absolute Gasteiger partial charge is 0.173 e. The fourth-order valence-electron chi connectivity index (χ4n) is 3.69. The first-order valence-corrected chi connectivity index (χ1v) is 10.5. The molecule has 5 nitrogen and oxygen atoms in total. The Morgan fingerprint density at radius 1 is 1.32 bits per heavy atom. The molecule has 0 amide bonds. The summed E-state index contributed by atoms with van der Waals surface area (Å²) in [6.07, 6.45) is 5.46. The second kappa shape index (κ2) is 10.5. The third kappa shape index (κ3) is 6.24. The van der Waals surface area contributed by atoms with Gasteiger partial charge in [0.05, 0.1) is 19.9 Å². The van der Waals surface area contributed by atoms with E-state index in [1.54, 1.807) is 13.4 Å². The Labute approximate surface area is 173 Å². The average Bonchev–Trinajstić information content (AvgIpc) is 3.21. The van der Waals surface area contributed by atoms with Crippen molar-refractivity contribution in [3.05, 3.63) is 48.4 Å². The van der Waals surface area contributed by atoms with Crippen molar-refractivity contribution in [3.63, 3.8) is 0 Å². The van der Waals surface area contributed by atoms with Gasteiger partial charge in [0.15, 0.2) is 5.11 Å². The lowest BCUT2D eigenvalue weighted by Gasteiger charge is -2.32. The van der Waals surface area contributed by atoms with Crippen molar-refractivity contribution in [1.82, 2.24) is 9.80 Å². The number of hydrogen-bond donors (Lipinski definition) is 1. The van der Waals surface area contributed by atoms with Crippen LogP contribution in [-0.2, 0) is 6.54 Å². The Morgan fingerprint density at radius 3 is 2.82 bits per heavy atom. The van der Waals surface area contributed by atoms with Gasteiger partial charge in [0.25, 0.3) is 0 Å². The molecule has 0 saturated carbocycles. The standard InChI is InChI=1S/C22H31N3O2S/c1-18-6-3-12-24(16-18)13-5-14-25(17-21-7-4-15-27-21)22(28)23-19-8-10-20(26-2)11-9-19/h4,7-11,15,18H,3,5-6,12-14,16-17H2,1-2H3,(H,23,28)/t18-/m0/s1. The highest BCUT2D eigenvalue weighted by Gasteiger charge is 2.17. The van der Waals surface area contributed by atoms with E-state index < -0.39 is 0 Å². The number of furan rings is 1. The highest BCUT2D eigenvalue weighted by atomic mass is 32.1. The van der Waals surface area contributed by atoms with Gasteiger partial charge in [0, 0.05) is 18.8 Å². The van der Waals surface area contributed by atoms with Crippen molar-refractivity contribution in [2.24, 2.45) is 5.92 Å². The predicted octanol–water partition coefficient (Wildman–Crippen LogP) is 4.61. The highest BCUT2D eigenvalue weighted by Crippen LogP contribution is 2.18. The van der Waals surface area contributed by atoms with Crippen LogP contribution in [0.1, 0.15) is 31.9 Å². The molecule has 1 aromatic heterocycles. The van der Waals surface area contributed by atoms with Gasteiger partial charge in [-0.05, 0) is 86.9 Å². The van der Waals surface area contributed by atoms with E-state index in [0.717, 1.165) is 42.6 Å². The molecule has 0 unspecified atom stereocenters. The van der Waals surface area contributed by atoms with Gasteiger partial charge >= 0.3 is 0 Å². The second-order valence-electron chi connectivity index (χ2n) is 7.56. The summed E-state index contributed by atoms with van der Waals surface area (Å²) >= 11 is 5.71. The van der Waals surface area contributed by atoms with Gasteiger partial charge in [-0.1, -0.05) is 6.92 Å². The largest absolute Gasteiger partial charge is 0.497 e. The van der Waals surface area contributed by atoms with Crippen LogP contribution in [0.15, 0.2) is 47.1 Å². The first-order chi connectivity index (χ1) is 13.6. The lowest BCUT2D eigenvalue weighted by Crippen LogP contribution is -2.39. The molecule has 1 atom stereocenters. The predicted molar refractivity (Wildman–Crippen MR) is 118 cm³/mol. The summed E-state index contributed by atoms with van der Waals surface area (Å²) in [7, 11) is 1.67. The number of thiocarbonyl (C=S) groups is 1. The van der Waals surface area contributed by atoms with Crippen molar-refractivity contribution in [3.8, 4) is 5.75 Å². The number of ether oxygens (including phenoxy) is 1. The van der Waals surface area contributed by atoms with Gasteiger partial charge in [-0.15, -0.1) is 0 Å². The molecule has 1 aliphatic heterocycles. The van der Waals surface area contributed by atoms with Crippen LogP contribution in [0.25, 0.3) is 0 Å². The number of nitrogens with one attached hydrogen (secondary N) is 1. The molecule has 1 aromatic carbocycles. The Hall–Kier alpha value is -2.05. The summed E-state index contributed by atoms with van der Waals surface area (Å²) in [4.78, 5) is 4.77. The van der Waals surface area contributed by atoms with Crippen LogP contribution in [-0.4, -0.2) is 48.2 Å². The van der Waals surface area contributed by atoms with Gasteiger partial charge in [0.1, 0.15) is 11.5 Å². The van der Waals surface area contributed by atoms with E-state index >= 15 is 0 Å². The molecule has 1 N–H and O–H groups in total. The molecule has 28 heavy (non-hydrogen) atoms. The molecule has 3 rings (SSSR count). The van der Waals surface area contributed by atoms with E-state index in [1.807, 2.05) is 36.4 Å². The third-order valence-corrected chi connectivity index (χ3v) is 5.56. The molecular formula is C22H31N3O2S. The number of hydrogen-bond acceptors (Lipinski definition) is 4. The summed E-state index contributed by atoms with van der Waals surface area (Å²) in [6, 6.07) is 11.7. The lowest BCUT2D eigenvalue weighted by molar-refractivity contribution is 0.177. The Bertz CT molecular complexity index is 718. The number of piperidine rings is 1. The van der Waals surface area contributed by atoms with Crippen molar-refractivity contribution >= 4 is 23.0 Å². The van der Waals surface area contributed by atoms with Gasteiger partial charge < -0.3 is 24.3 Å². The van der Waals surface area contributed by atoms with Crippen molar-refractivity contribution in [2.45, 2.75) is 32.7 Å². The van der Waals surface area contributed by atoms with E-state index in [9.17, 15) is 0 Å².